The number of ether oxygens (including phenoxy) is 3. The molecule has 48 heavy (non-hydrogen) atoms. The summed E-state index contributed by atoms with van der Waals surface area (Å²) in [4.78, 5) is 42.7. The zero-order valence-corrected chi connectivity index (χ0v) is 26.5. The van der Waals surface area contributed by atoms with Crippen LogP contribution in [0.15, 0.2) is 48.9 Å². The van der Waals surface area contributed by atoms with E-state index >= 15 is 0 Å². The van der Waals surface area contributed by atoms with Gasteiger partial charge in [-0.3, -0.25) is 18.9 Å². The van der Waals surface area contributed by atoms with E-state index in [-0.39, 0.29) is 40.9 Å². The number of hydrogen-bond donors (Lipinski definition) is 2. The van der Waals surface area contributed by atoms with Crippen molar-refractivity contribution in [3.63, 3.8) is 0 Å². The second kappa shape index (κ2) is 13.4. The van der Waals surface area contributed by atoms with Crippen molar-refractivity contribution in [3.8, 4) is 17.0 Å². The number of anilines is 2. The van der Waals surface area contributed by atoms with Gasteiger partial charge in [0.15, 0.2) is 0 Å². The molecular formula is C32H35F3N8O5. The van der Waals surface area contributed by atoms with Crippen molar-refractivity contribution in [1.82, 2.24) is 29.2 Å². The zero-order chi connectivity index (χ0) is 34.2. The van der Waals surface area contributed by atoms with Crippen LogP contribution in [-0.4, -0.2) is 100 Å². The average Bonchev–Trinajstić information content (AvgIpc) is 3.44. The molecule has 2 aliphatic rings. The SMILES string of the molecule is COCCC(=O)N1CC(N2C[C@H](c3nc(-c4ccc(C(=O)Nc5cc(C(F)(F)F)ccn5)cc4OC)c4c(N)nccn34)OC[C@@H]2C)C1. The van der Waals surface area contributed by atoms with E-state index in [1.807, 2.05) is 9.30 Å². The highest BCUT2D eigenvalue weighted by molar-refractivity contribution is 6.04. The number of fused-ring (bicyclic) bond motifs is 1. The Labute approximate surface area is 273 Å². The van der Waals surface area contributed by atoms with Crippen molar-refractivity contribution in [2.75, 3.05) is 58.1 Å². The van der Waals surface area contributed by atoms with Gasteiger partial charge in [0, 0.05) is 68.5 Å². The maximum atomic E-state index is 13.2. The lowest BCUT2D eigenvalue weighted by Crippen LogP contribution is -2.65. The van der Waals surface area contributed by atoms with Crippen LogP contribution in [0.2, 0.25) is 0 Å². The number of pyridine rings is 1. The quantitative estimate of drug-likeness (QED) is 0.271. The van der Waals surface area contributed by atoms with Crippen LogP contribution >= 0.6 is 0 Å². The number of carbonyl (C=O) groups excluding carboxylic acids is 2. The summed E-state index contributed by atoms with van der Waals surface area (Å²) in [5.41, 5.74) is 7.05. The molecule has 16 heteroatoms. The van der Waals surface area contributed by atoms with Gasteiger partial charge in [0.25, 0.3) is 5.91 Å². The normalized spacial score (nSPS) is 18.9. The number of alkyl halides is 3. The zero-order valence-electron chi connectivity index (χ0n) is 26.5. The number of nitrogen functional groups attached to an aromatic ring is 1. The van der Waals surface area contributed by atoms with Gasteiger partial charge in [-0.05, 0) is 37.3 Å². The maximum absolute atomic E-state index is 13.2. The van der Waals surface area contributed by atoms with Crippen LogP contribution in [0.3, 0.4) is 0 Å². The number of hydrogen-bond acceptors (Lipinski definition) is 10. The fourth-order valence-corrected chi connectivity index (χ4v) is 6.05. The summed E-state index contributed by atoms with van der Waals surface area (Å²) in [5, 5.41) is 2.41. The lowest BCUT2D eigenvalue weighted by atomic mass is 10.0. The molecule has 6 rings (SSSR count). The smallest absolute Gasteiger partial charge is 0.416 e. The number of rotatable bonds is 9. The number of likely N-dealkylation sites (tertiary alicyclic amines) is 1. The molecule has 2 atom stereocenters. The number of nitrogens with zero attached hydrogens (tertiary/aromatic N) is 6. The number of morpholine rings is 1. The molecule has 3 aromatic heterocycles. The minimum atomic E-state index is -4.59. The van der Waals surface area contributed by atoms with E-state index < -0.39 is 23.8 Å². The number of aromatic nitrogens is 4. The maximum Gasteiger partial charge on any atom is 0.416 e. The van der Waals surface area contributed by atoms with Crippen LogP contribution in [0.4, 0.5) is 24.8 Å². The molecule has 13 nitrogen and oxygen atoms in total. The molecule has 2 aliphatic heterocycles. The summed E-state index contributed by atoms with van der Waals surface area (Å²) in [6.45, 7) is 4.73. The second-order valence-electron chi connectivity index (χ2n) is 11.7. The first-order valence-electron chi connectivity index (χ1n) is 15.3. The van der Waals surface area contributed by atoms with E-state index in [1.54, 1.807) is 25.6 Å². The molecule has 2 fully saturated rings. The molecule has 0 aliphatic carbocycles. The average molecular weight is 669 g/mol. The molecule has 0 unspecified atom stereocenters. The van der Waals surface area contributed by atoms with E-state index in [1.165, 1.54) is 19.2 Å². The minimum Gasteiger partial charge on any atom is -0.496 e. The summed E-state index contributed by atoms with van der Waals surface area (Å²) in [5.74, 6) is 0.241. The lowest BCUT2D eigenvalue weighted by Gasteiger charge is -2.50. The molecule has 3 N–H and O–H groups in total. The highest BCUT2D eigenvalue weighted by Crippen LogP contribution is 2.38. The van der Waals surface area contributed by atoms with E-state index in [2.05, 4.69) is 27.1 Å². The minimum absolute atomic E-state index is 0.0715. The van der Waals surface area contributed by atoms with E-state index in [4.69, 9.17) is 24.9 Å². The third kappa shape index (κ3) is 6.50. The third-order valence-electron chi connectivity index (χ3n) is 8.63. The predicted molar refractivity (Wildman–Crippen MR) is 168 cm³/mol. The first-order chi connectivity index (χ1) is 23.0. The number of methoxy groups -OCH3 is 2. The van der Waals surface area contributed by atoms with Gasteiger partial charge in [-0.2, -0.15) is 13.2 Å². The fraction of sp³-hybridized carbons (Fsp3) is 0.406. The van der Waals surface area contributed by atoms with Crippen LogP contribution in [0.5, 0.6) is 5.75 Å². The number of halogens is 3. The van der Waals surface area contributed by atoms with Crippen molar-refractivity contribution in [3.05, 3.63) is 65.9 Å². The number of imidazole rings is 1. The molecule has 2 saturated heterocycles. The Morgan fingerprint density at radius 1 is 1.10 bits per heavy atom. The van der Waals surface area contributed by atoms with Crippen LogP contribution in [0.1, 0.15) is 41.2 Å². The van der Waals surface area contributed by atoms with Gasteiger partial charge in [0.05, 0.1) is 32.3 Å². The van der Waals surface area contributed by atoms with Gasteiger partial charge in [-0.15, -0.1) is 0 Å². The number of carbonyl (C=O) groups is 2. The van der Waals surface area contributed by atoms with Crippen molar-refractivity contribution in [2.45, 2.75) is 37.7 Å². The summed E-state index contributed by atoms with van der Waals surface area (Å²) in [6.07, 6.45) is -0.367. The van der Waals surface area contributed by atoms with E-state index in [0.29, 0.717) is 61.9 Å². The summed E-state index contributed by atoms with van der Waals surface area (Å²) in [7, 11) is 3.01. The molecule has 4 aromatic rings. The lowest BCUT2D eigenvalue weighted by molar-refractivity contribution is -0.146. The standard InChI is InChI=1S/C32H35F3N8O5/c1-18-17-48-24(16-43(18)21-14-41(15-21)26(44)7-11-46-2)30-40-27(28-29(36)38-9-10-42(28)30)22-5-4-19(12-23(22)47-3)31(45)39-25-13-20(6-8-37-25)32(33,34)35/h4-6,8-10,12-13,18,21,24H,7,11,14-17H2,1-3H3,(H2,36,38)(H,37,39,45)/t18-,24+/m0/s1. The molecule has 1 aromatic carbocycles. The van der Waals surface area contributed by atoms with Gasteiger partial charge < -0.3 is 30.2 Å². The third-order valence-corrected chi connectivity index (χ3v) is 8.63. The molecule has 0 radical (unpaired) electrons. The van der Waals surface area contributed by atoms with Crippen molar-refractivity contribution < 1.29 is 37.0 Å². The van der Waals surface area contributed by atoms with Crippen LogP contribution in [0.25, 0.3) is 16.8 Å². The first-order valence-corrected chi connectivity index (χ1v) is 15.3. The number of nitrogens with one attached hydrogen (secondary N) is 1. The molecular weight excluding hydrogens is 633 g/mol. The van der Waals surface area contributed by atoms with Crippen LogP contribution in [0, 0.1) is 0 Å². The Kier molecular flexibility index (Phi) is 9.22. The summed E-state index contributed by atoms with van der Waals surface area (Å²) in [6, 6.07) is 6.50. The molecule has 0 bridgehead atoms. The number of nitrogens with two attached hydrogens (primary N) is 1. The fourth-order valence-electron chi connectivity index (χ4n) is 6.05. The molecule has 5 heterocycles. The molecule has 0 spiro atoms. The van der Waals surface area contributed by atoms with Gasteiger partial charge in [-0.1, -0.05) is 0 Å². The van der Waals surface area contributed by atoms with Gasteiger partial charge in [0.2, 0.25) is 5.91 Å². The van der Waals surface area contributed by atoms with Crippen LogP contribution < -0.4 is 15.8 Å². The predicted octanol–water partition coefficient (Wildman–Crippen LogP) is 3.66. The first kappa shape index (κ1) is 33.1. The highest BCUT2D eigenvalue weighted by atomic mass is 19.4. The number of amides is 2. The summed E-state index contributed by atoms with van der Waals surface area (Å²) < 4.78 is 58.3. The largest absolute Gasteiger partial charge is 0.496 e. The van der Waals surface area contributed by atoms with Gasteiger partial charge >= 0.3 is 6.18 Å². The highest BCUT2D eigenvalue weighted by Gasteiger charge is 2.41. The summed E-state index contributed by atoms with van der Waals surface area (Å²) >= 11 is 0. The Morgan fingerprint density at radius 2 is 1.90 bits per heavy atom. The Morgan fingerprint density at radius 3 is 2.62 bits per heavy atom. The van der Waals surface area contributed by atoms with Crippen molar-refractivity contribution in [2.24, 2.45) is 0 Å². The van der Waals surface area contributed by atoms with E-state index in [0.717, 1.165) is 18.3 Å². The second-order valence-corrected chi connectivity index (χ2v) is 11.7. The van der Waals surface area contributed by atoms with Crippen LogP contribution in [-0.2, 0) is 20.4 Å². The topological polar surface area (TPSA) is 149 Å². The van der Waals surface area contributed by atoms with Crippen molar-refractivity contribution in [1.29, 1.82) is 0 Å². The monoisotopic (exact) mass is 668 g/mol. The Bertz CT molecular complexity index is 1830. The van der Waals surface area contributed by atoms with E-state index in [9.17, 15) is 22.8 Å². The molecule has 254 valence electrons. The van der Waals surface area contributed by atoms with Crippen molar-refractivity contribution >= 4 is 29.0 Å². The Hall–Kier alpha value is -4.80. The van der Waals surface area contributed by atoms with Gasteiger partial charge in [0.1, 0.15) is 40.5 Å². The molecule has 2 amide bonds. The number of benzene rings is 1. The molecule has 0 saturated carbocycles. The Balaban J connectivity index is 1.26. The van der Waals surface area contributed by atoms with Gasteiger partial charge in [-0.25, -0.2) is 15.0 Å².